The van der Waals surface area contributed by atoms with Crippen molar-refractivity contribution in [1.82, 2.24) is 4.90 Å². The first kappa shape index (κ1) is 26.0. The van der Waals surface area contributed by atoms with E-state index in [0.717, 1.165) is 37.8 Å². The third-order valence-corrected chi connectivity index (χ3v) is 5.51. The maximum atomic E-state index is 12.8. The second-order valence-corrected chi connectivity index (χ2v) is 8.65. The van der Waals surface area contributed by atoms with Gasteiger partial charge in [0, 0.05) is 18.4 Å². The molecule has 9 heteroatoms. The predicted molar refractivity (Wildman–Crippen MR) is 111 cm³/mol. The van der Waals surface area contributed by atoms with E-state index in [-0.39, 0.29) is 23.7 Å². The van der Waals surface area contributed by atoms with Gasteiger partial charge in [-0.05, 0) is 38.3 Å². The van der Waals surface area contributed by atoms with Crippen LogP contribution in [0, 0.1) is 5.41 Å². The van der Waals surface area contributed by atoms with Crippen LogP contribution in [0.5, 0.6) is 0 Å². The number of nitrogens with zero attached hydrogens (tertiary/aromatic N) is 1. The maximum absolute atomic E-state index is 12.8. The van der Waals surface area contributed by atoms with Crippen LogP contribution in [0.3, 0.4) is 0 Å². The topological polar surface area (TPSA) is 80.0 Å². The summed E-state index contributed by atoms with van der Waals surface area (Å²) in [4.78, 5) is 25.9. The number of hydrogen-bond acceptors (Lipinski definition) is 5. The summed E-state index contributed by atoms with van der Waals surface area (Å²) in [5.41, 5.74) is -0.558. The molecule has 0 radical (unpaired) electrons. The van der Waals surface area contributed by atoms with Gasteiger partial charge in [-0.25, -0.2) is 0 Å². The second kappa shape index (κ2) is 11.0. The van der Waals surface area contributed by atoms with Gasteiger partial charge in [-0.15, -0.1) is 0 Å². The minimum absolute atomic E-state index is 0.00511. The van der Waals surface area contributed by atoms with Gasteiger partial charge in [0.05, 0.1) is 12.6 Å². The van der Waals surface area contributed by atoms with Gasteiger partial charge in [0.25, 0.3) is 0 Å². The quantitative estimate of drug-likeness (QED) is 0.285. The monoisotopic (exact) mass is 459 g/mol. The largest absolute Gasteiger partial charge is 0.466 e. The molecule has 2 unspecified atom stereocenters. The van der Waals surface area contributed by atoms with Gasteiger partial charge >= 0.3 is 12.1 Å². The Labute approximate surface area is 186 Å². The third-order valence-electron chi connectivity index (χ3n) is 5.51. The Morgan fingerprint density at radius 1 is 1.31 bits per heavy atom. The average Bonchev–Trinajstić information content (AvgIpc) is 3.28. The number of unbranched alkanes of at least 4 members (excludes halogenated alkanes) is 3. The summed E-state index contributed by atoms with van der Waals surface area (Å²) in [5, 5.41) is 10.2. The maximum Gasteiger partial charge on any atom is 0.449 e. The normalized spacial score (nSPS) is 19.7. The fraction of sp³-hybridized carbons (Fsp3) is 0.652. The Balaban J connectivity index is 1.90. The standard InChI is InChI=1S/C23H32F3NO5/c1-4-31-20(29)9-7-5-6-8-14-27-16(15-22(2,3)21(27)30)10-11-17(28)18-12-13-19(32-18)23(24,25)26/h10-13,16-17,28H,4-9,14-15H2,1-3H3/b11-10+. The van der Waals surface area contributed by atoms with Gasteiger partial charge in [0.1, 0.15) is 11.9 Å². The number of alkyl halides is 3. The van der Waals surface area contributed by atoms with E-state index in [4.69, 9.17) is 9.15 Å². The van der Waals surface area contributed by atoms with Gasteiger partial charge in [0.15, 0.2) is 0 Å². The third kappa shape index (κ3) is 7.12. The smallest absolute Gasteiger partial charge is 0.449 e. The minimum Gasteiger partial charge on any atom is -0.466 e. The fourth-order valence-electron chi connectivity index (χ4n) is 3.83. The SMILES string of the molecule is CCOC(=O)CCCCCCN1C(=O)C(C)(C)CC1/C=C/C(O)c1ccc(C(F)(F)F)o1. The number of furan rings is 1. The summed E-state index contributed by atoms with van der Waals surface area (Å²) >= 11 is 0. The molecule has 1 fully saturated rings. The molecule has 1 amide bonds. The second-order valence-electron chi connectivity index (χ2n) is 8.65. The number of carbonyl (C=O) groups excluding carboxylic acids is 2. The Bertz CT molecular complexity index is 800. The molecule has 2 heterocycles. The lowest BCUT2D eigenvalue weighted by molar-refractivity contribution is -0.153. The van der Waals surface area contributed by atoms with E-state index < -0.39 is 23.5 Å². The summed E-state index contributed by atoms with van der Waals surface area (Å²) < 4.78 is 47.7. The molecule has 32 heavy (non-hydrogen) atoms. The van der Waals surface area contributed by atoms with Crippen LogP contribution in [-0.2, 0) is 20.5 Å². The Morgan fingerprint density at radius 3 is 2.62 bits per heavy atom. The van der Waals surface area contributed by atoms with Crippen LogP contribution >= 0.6 is 0 Å². The number of halogens is 3. The van der Waals surface area contributed by atoms with Crippen LogP contribution in [0.25, 0.3) is 0 Å². The Morgan fingerprint density at radius 2 is 2.00 bits per heavy atom. The number of rotatable bonds is 11. The lowest BCUT2D eigenvalue weighted by Crippen LogP contribution is -2.35. The molecule has 2 rings (SSSR count). The van der Waals surface area contributed by atoms with E-state index in [2.05, 4.69) is 0 Å². The molecule has 0 aliphatic carbocycles. The lowest BCUT2D eigenvalue weighted by Gasteiger charge is -2.23. The summed E-state index contributed by atoms with van der Waals surface area (Å²) in [6.45, 7) is 6.39. The van der Waals surface area contributed by atoms with Gasteiger partial charge < -0.3 is 19.2 Å². The molecule has 0 aromatic carbocycles. The fourth-order valence-corrected chi connectivity index (χ4v) is 3.83. The molecule has 180 valence electrons. The lowest BCUT2D eigenvalue weighted by atomic mass is 9.90. The van der Waals surface area contributed by atoms with Crippen LogP contribution < -0.4 is 0 Å². The first-order valence-corrected chi connectivity index (χ1v) is 11.0. The van der Waals surface area contributed by atoms with Crippen molar-refractivity contribution in [1.29, 1.82) is 0 Å². The Hall–Kier alpha value is -2.29. The molecular weight excluding hydrogens is 427 g/mol. The van der Waals surface area contributed by atoms with Crippen molar-refractivity contribution >= 4 is 11.9 Å². The average molecular weight is 460 g/mol. The van der Waals surface area contributed by atoms with Crippen molar-refractivity contribution in [2.45, 2.75) is 77.6 Å². The molecule has 0 spiro atoms. The van der Waals surface area contributed by atoms with Crippen molar-refractivity contribution in [3.8, 4) is 0 Å². The molecule has 1 saturated heterocycles. The summed E-state index contributed by atoms with van der Waals surface area (Å²) in [5.74, 6) is -1.57. The van der Waals surface area contributed by atoms with E-state index >= 15 is 0 Å². The highest BCUT2D eigenvalue weighted by atomic mass is 19.4. The zero-order valence-corrected chi connectivity index (χ0v) is 18.8. The molecule has 0 saturated carbocycles. The number of amides is 1. The van der Waals surface area contributed by atoms with Crippen LogP contribution in [0.2, 0.25) is 0 Å². The first-order valence-electron chi connectivity index (χ1n) is 11.0. The van der Waals surface area contributed by atoms with E-state index in [1.54, 1.807) is 17.9 Å². The molecule has 1 aromatic heterocycles. The van der Waals surface area contributed by atoms with Gasteiger partial charge in [0.2, 0.25) is 11.7 Å². The number of ether oxygens (including phenoxy) is 1. The molecule has 1 N–H and O–H groups in total. The van der Waals surface area contributed by atoms with Crippen molar-refractivity contribution < 1.29 is 37.0 Å². The van der Waals surface area contributed by atoms with Gasteiger partial charge in [-0.2, -0.15) is 13.2 Å². The van der Waals surface area contributed by atoms with Crippen molar-refractivity contribution in [2.75, 3.05) is 13.2 Å². The summed E-state index contributed by atoms with van der Waals surface area (Å²) in [6, 6.07) is 1.61. The Kier molecular flexibility index (Phi) is 8.95. The van der Waals surface area contributed by atoms with E-state index in [9.17, 15) is 27.9 Å². The van der Waals surface area contributed by atoms with Gasteiger partial charge in [-0.3, -0.25) is 9.59 Å². The first-order chi connectivity index (χ1) is 15.0. The van der Waals surface area contributed by atoms with Crippen LogP contribution in [0.4, 0.5) is 13.2 Å². The highest BCUT2D eigenvalue weighted by molar-refractivity contribution is 5.85. The zero-order valence-electron chi connectivity index (χ0n) is 18.8. The summed E-state index contributed by atoms with van der Waals surface area (Å²) in [7, 11) is 0. The zero-order chi connectivity index (χ0) is 23.9. The number of aliphatic hydroxyl groups is 1. The predicted octanol–water partition coefficient (Wildman–Crippen LogP) is 5.03. The molecule has 1 aromatic rings. The highest BCUT2D eigenvalue weighted by Crippen LogP contribution is 2.37. The van der Waals surface area contributed by atoms with E-state index in [1.807, 2.05) is 13.8 Å². The van der Waals surface area contributed by atoms with E-state index in [0.29, 0.717) is 26.0 Å². The van der Waals surface area contributed by atoms with Crippen LogP contribution in [0.15, 0.2) is 28.7 Å². The molecule has 6 nitrogen and oxygen atoms in total. The molecular formula is C23H32F3NO5. The van der Waals surface area contributed by atoms with Crippen LogP contribution in [0.1, 0.15) is 76.9 Å². The van der Waals surface area contributed by atoms with Crippen molar-refractivity contribution in [2.24, 2.45) is 5.41 Å². The number of likely N-dealkylation sites (tertiary alicyclic amines) is 1. The van der Waals surface area contributed by atoms with Gasteiger partial charge in [-0.1, -0.05) is 38.8 Å². The summed E-state index contributed by atoms with van der Waals surface area (Å²) in [6.07, 6.45) is 1.21. The van der Waals surface area contributed by atoms with Crippen molar-refractivity contribution in [3.05, 3.63) is 35.8 Å². The number of esters is 1. The van der Waals surface area contributed by atoms with E-state index in [1.165, 1.54) is 6.08 Å². The highest BCUT2D eigenvalue weighted by Gasteiger charge is 2.43. The number of aliphatic hydroxyl groups excluding tert-OH is 1. The number of carbonyl (C=O) groups is 2. The number of hydrogen-bond donors (Lipinski definition) is 1. The minimum atomic E-state index is -4.61. The molecule has 0 bridgehead atoms. The molecule has 1 aliphatic rings. The molecule has 1 aliphatic heterocycles. The van der Waals surface area contributed by atoms with Crippen LogP contribution in [-0.4, -0.2) is 41.1 Å². The van der Waals surface area contributed by atoms with Crippen molar-refractivity contribution in [3.63, 3.8) is 0 Å². The molecule has 2 atom stereocenters.